The minimum absolute atomic E-state index is 0.218. The molecule has 0 atom stereocenters. The molecule has 2 aromatic rings. The first-order valence-corrected chi connectivity index (χ1v) is 11.8. The van der Waals surface area contributed by atoms with Gasteiger partial charge in [0.25, 0.3) is 0 Å². The SMILES string of the molecule is CC1=C(C(C)(C)C)C=C([SiH](c2cc(C)cc(C)c2)c2cc(C)cc(C)c2)C1. The summed E-state index contributed by atoms with van der Waals surface area (Å²) in [5.74, 6) is 0. The Morgan fingerprint density at radius 1 is 0.667 bits per heavy atom. The lowest BCUT2D eigenvalue weighted by molar-refractivity contribution is 0.514. The van der Waals surface area contributed by atoms with Crippen molar-refractivity contribution in [3.05, 3.63) is 81.1 Å². The van der Waals surface area contributed by atoms with Gasteiger partial charge in [0.1, 0.15) is 8.80 Å². The maximum Gasteiger partial charge on any atom is 0.128 e. The molecule has 27 heavy (non-hydrogen) atoms. The normalized spacial score (nSPS) is 14.9. The third-order valence-corrected chi connectivity index (χ3v) is 8.70. The minimum Gasteiger partial charge on any atom is -0.0700 e. The van der Waals surface area contributed by atoms with Crippen molar-refractivity contribution in [3.63, 3.8) is 0 Å². The van der Waals surface area contributed by atoms with Gasteiger partial charge in [-0.25, -0.2) is 0 Å². The monoisotopic (exact) mass is 374 g/mol. The molecule has 0 spiro atoms. The van der Waals surface area contributed by atoms with Gasteiger partial charge < -0.3 is 0 Å². The van der Waals surface area contributed by atoms with Crippen LogP contribution in [0.5, 0.6) is 0 Å². The zero-order valence-electron chi connectivity index (χ0n) is 18.3. The van der Waals surface area contributed by atoms with Crippen molar-refractivity contribution in [1.82, 2.24) is 0 Å². The summed E-state index contributed by atoms with van der Waals surface area (Å²) in [5.41, 5.74) is 8.85. The fourth-order valence-electron chi connectivity index (χ4n) is 4.78. The Balaban J connectivity index is 2.17. The molecule has 0 fully saturated rings. The Kier molecular flexibility index (Phi) is 5.36. The summed E-state index contributed by atoms with van der Waals surface area (Å²) in [7, 11) is -1.44. The molecule has 142 valence electrons. The Morgan fingerprint density at radius 3 is 1.41 bits per heavy atom. The lowest BCUT2D eigenvalue weighted by Gasteiger charge is -2.22. The van der Waals surface area contributed by atoms with Gasteiger partial charge in [-0.15, -0.1) is 0 Å². The number of hydrogen-bond donors (Lipinski definition) is 0. The summed E-state index contributed by atoms with van der Waals surface area (Å²) in [5, 5.41) is 4.80. The first kappa shape index (κ1) is 19.9. The van der Waals surface area contributed by atoms with E-state index in [1.165, 1.54) is 22.3 Å². The van der Waals surface area contributed by atoms with E-state index in [4.69, 9.17) is 0 Å². The first-order valence-electron chi connectivity index (χ1n) is 10.1. The molecule has 1 heteroatoms. The third-order valence-electron chi connectivity index (χ3n) is 5.59. The predicted molar refractivity (Wildman–Crippen MR) is 123 cm³/mol. The third kappa shape index (κ3) is 4.35. The molecule has 2 aromatic carbocycles. The Bertz CT molecular complexity index is 843. The average Bonchev–Trinajstić information content (AvgIpc) is 2.87. The van der Waals surface area contributed by atoms with Gasteiger partial charge >= 0.3 is 0 Å². The molecule has 3 rings (SSSR count). The number of benzene rings is 2. The fraction of sp³-hybridized carbons (Fsp3) is 0.385. The number of hydrogen-bond acceptors (Lipinski definition) is 0. The van der Waals surface area contributed by atoms with Crippen LogP contribution in [-0.4, -0.2) is 8.80 Å². The Morgan fingerprint density at radius 2 is 1.07 bits per heavy atom. The van der Waals surface area contributed by atoms with Gasteiger partial charge in [-0.3, -0.25) is 0 Å². The van der Waals surface area contributed by atoms with Crippen molar-refractivity contribution >= 4 is 19.2 Å². The molecule has 0 radical (unpaired) electrons. The summed E-state index contributed by atoms with van der Waals surface area (Å²) >= 11 is 0. The maximum absolute atomic E-state index is 2.56. The van der Waals surface area contributed by atoms with Gasteiger partial charge in [0, 0.05) is 0 Å². The van der Waals surface area contributed by atoms with E-state index in [-0.39, 0.29) is 5.41 Å². The van der Waals surface area contributed by atoms with Crippen LogP contribution in [0.25, 0.3) is 0 Å². The van der Waals surface area contributed by atoms with Crippen LogP contribution in [0.4, 0.5) is 0 Å². The van der Waals surface area contributed by atoms with Crippen molar-refractivity contribution < 1.29 is 0 Å². The number of aryl methyl sites for hydroxylation is 4. The predicted octanol–water partition coefficient (Wildman–Crippen LogP) is 5.49. The molecule has 0 N–H and O–H groups in total. The maximum atomic E-state index is 2.56. The highest BCUT2D eigenvalue weighted by molar-refractivity contribution is 6.91. The van der Waals surface area contributed by atoms with Gasteiger partial charge in [0.15, 0.2) is 0 Å². The molecule has 0 saturated carbocycles. The first-order chi connectivity index (χ1) is 12.5. The van der Waals surface area contributed by atoms with Crippen LogP contribution >= 0.6 is 0 Å². The van der Waals surface area contributed by atoms with Gasteiger partial charge in [0.05, 0.1) is 0 Å². The smallest absolute Gasteiger partial charge is 0.0700 e. The minimum atomic E-state index is -1.44. The lowest BCUT2D eigenvalue weighted by Crippen LogP contribution is -2.44. The molecule has 0 saturated heterocycles. The van der Waals surface area contributed by atoms with E-state index in [0.717, 1.165) is 6.42 Å². The topological polar surface area (TPSA) is 0 Å². The zero-order valence-corrected chi connectivity index (χ0v) is 19.5. The van der Waals surface area contributed by atoms with Crippen LogP contribution in [0, 0.1) is 33.1 Å². The summed E-state index contributed by atoms with van der Waals surface area (Å²) in [6.07, 6.45) is 3.70. The second kappa shape index (κ2) is 7.28. The molecular weight excluding hydrogens is 340 g/mol. The number of rotatable bonds is 3. The van der Waals surface area contributed by atoms with Crippen molar-refractivity contribution in [2.75, 3.05) is 0 Å². The Hall–Kier alpha value is -1.86. The molecule has 0 aliphatic heterocycles. The second-order valence-corrected chi connectivity index (χ2v) is 12.6. The molecule has 0 unspecified atom stereocenters. The summed E-state index contributed by atoms with van der Waals surface area (Å²) in [6, 6.07) is 14.3. The molecule has 0 bridgehead atoms. The van der Waals surface area contributed by atoms with Crippen molar-refractivity contribution in [2.24, 2.45) is 5.41 Å². The molecule has 1 aliphatic carbocycles. The van der Waals surface area contributed by atoms with Crippen LogP contribution in [0.1, 0.15) is 56.4 Å². The van der Waals surface area contributed by atoms with Gasteiger partial charge in [-0.1, -0.05) is 107 Å². The molecular formula is C26H34Si. The highest BCUT2D eigenvalue weighted by Gasteiger charge is 2.29. The van der Waals surface area contributed by atoms with E-state index in [1.807, 2.05) is 0 Å². The van der Waals surface area contributed by atoms with Crippen LogP contribution in [0.2, 0.25) is 0 Å². The van der Waals surface area contributed by atoms with E-state index in [0.29, 0.717) is 0 Å². The second-order valence-electron chi connectivity index (χ2n) is 9.62. The van der Waals surface area contributed by atoms with Crippen molar-refractivity contribution in [3.8, 4) is 0 Å². The van der Waals surface area contributed by atoms with E-state index in [2.05, 4.69) is 97.9 Å². The van der Waals surface area contributed by atoms with Crippen LogP contribution in [0.3, 0.4) is 0 Å². The quantitative estimate of drug-likeness (QED) is 0.623. The molecule has 0 amide bonds. The van der Waals surface area contributed by atoms with Gasteiger partial charge in [-0.2, -0.15) is 0 Å². The summed E-state index contributed by atoms with van der Waals surface area (Å²) in [6.45, 7) is 18.3. The van der Waals surface area contributed by atoms with E-state index >= 15 is 0 Å². The van der Waals surface area contributed by atoms with Crippen LogP contribution in [0.15, 0.2) is 58.8 Å². The molecule has 1 aliphatic rings. The highest BCUT2D eigenvalue weighted by atomic mass is 28.3. The summed E-state index contributed by atoms with van der Waals surface area (Å²) < 4.78 is 0. The van der Waals surface area contributed by atoms with E-state index in [1.54, 1.807) is 26.7 Å². The van der Waals surface area contributed by atoms with Crippen LogP contribution < -0.4 is 10.4 Å². The molecule has 0 aromatic heterocycles. The van der Waals surface area contributed by atoms with Gasteiger partial charge in [0.2, 0.25) is 0 Å². The lowest BCUT2D eigenvalue weighted by atomic mass is 9.85. The van der Waals surface area contributed by atoms with E-state index in [9.17, 15) is 0 Å². The fourth-order valence-corrected chi connectivity index (χ4v) is 8.58. The molecule has 0 nitrogen and oxygen atoms in total. The average molecular weight is 375 g/mol. The summed E-state index contributed by atoms with van der Waals surface area (Å²) in [4.78, 5) is 0. The zero-order chi connectivity index (χ0) is 19.9. The largest absolute Gasteiger partial charge is 0.128 e. The number of allylic oxidation sites excluding steroid dienone is 4. The van der Waals surface area contributed by atoms with E-state index < -0.39 is 8.80 Å². The van der Waals surface area contributed by atoms with Crippen molar-refractivity contribution in [2.45, 2.75) is 61.8 Å². The molecule has 0 heterocycles. The van der Waals surface area contributed by atoms with Gasteiger partial charge in [-0.05, 0) is 52.0 Å². The van der Waals surface area contributed by atoms with Crippen LogP contribution in [-0.2, 0) is 0 Å². The Labute approximate surface area is 167 Å². The van der Waals surface area contributed by atoms with Crippen molar-refractivity contribution in [1.29, 1.82) is 0 Å². The standard InChI is InChI=1S/C26H34Si/c1-17-9-18(2)12-22(11-17)27(23-13-19(3)10-20(4)14-23)24-15-21(5)25(16-24)26(6,7)8/h9-14,16,27H,15H2,1-8H3. The highest BCUT2D eigenvalue weighted by Crippen LogP contribution is 2.37.